The van der Waals surface area contributed by atoms with Gasteiger partial charge in [-0.2, -0.15) is 9.40 Å². The summed E-state index contributed by atoms with van der Waals surface area (Å²) >= 11 is 6.27. The lowest BCUT2D eigenvalue weighted by Gasteiger charge is -2.23. The number of carbonyl (C=O) groups is 1. The maximum Gasteiger partial charge on any atom is 0.245 e. The van der Waals surface area contributed by atoms with Gasteiger partial charge in [-0.15, -0.1) is 0 Å². The zero-order chi connectivity index (χ0) is 24.8. The molecule has 1 heterocycles. The van der Waals surface area contributed by atoms with Crippen LogP contribution in [-0.4, -0.2) is 34.9 Å². The summed E-state index contributed by atoms with van der Waals surface area (Å²) in [4.78, 5) is 11.3. The highest BCUT2D eigenvalue weighted by Gasteiger charge is 2.27. The second kappa shape index (κ2) is 10.9. The van der Waals surface area contributed by atoms with Gasteiger partial charge in [0.1, 0.15) is 17.3 Å². The first-order valence-corrected chi connectivity index (χ1v) is 12.7. The molecule has 7 nitrogen and oxygen atoms in total. The quantitative estimate of drug-likeness (QED) is 0.304. The van der Waals surface area contributed by atoms with Crippen molar-refractivity contribution in [3.63, 3.8) is 0 Å². The van der Waals surface area contributed by atoms with Gasteiger partial charge in [-0.05, 0) is 60.5 Å². The molecule has 0 unspecified atom stereocenters. The van der Waals surface area contributed by atoms with E-state index >= 15 is 0 Å². The molecular formula is C26H24ClN3O4S. The number of nitrogens with zero attached hydrogens (tertiary/aromatic N) is 3. The summed E-state index contributed by atoms with van der Waals surface area (Å²) in [7, 11) is -3.93. The van der Waals surface area contributed by atoms with Crippen molar-refractivity contribution in [2.75, 3.05) is 6.61 Å². The molecule has 0 amide bonds. The maximum atomic E-state index is 13.7. The van der Waals surface area contributed by atoms with Gasteiger partial charge < -0.3 is 4.74 Å². The number of ketones is 1. The van der Waals surface area contributed by atoms with Crippen molar-refractivity contribution in [3.8, 4) is 11.4 Å². The van der Waals surface area contributed by atoms with Crippen LogP contribution in [0.5, 0.6) is 5.75 Å². The molecule has 9 heteroatoms. The predicted octanol–water partition coefficient (Wildman–Crippen LogP) is 4.88. The lowest BCUT2D eigenvalue weighted by Crippen LogP contribution is -2.30. The van der Waals surface area contributed by atoms with Crippen LogP contribution in [0.1, 0.15) is 18.1 Å². The number of carbonyl (C=O) groups excluding carboxylic acids is 1. The van der Waals surface area contributed by atoms with E-state index in [2.05, 4.69) is 5.10 Å². The van der Waals surface area contributed by atoms with Gasteiger partial charge in [-0.25, -0.2) is 13.1 Å². The van der Waals surface area contributed by atoms with Crippen LogP contribution >= 0.6 is 11.6 Å². The summed E-state index contributed by atoms with van der Waals surface area (Å²) < 4.78 is 35.9. The average molecular weight is 510 g/mol. The van der Waals surface area contributed by atoms with Crippen LogP contribution in [0, 0.1) is 0 Å². The summed E-state index contributed by atoms with van der Waals surface area (Å²) in [6.07, 6.45) is 3.53. The van der Waals surface area contributed by atoms with E-state index in [-0.39, 0.29) is 35.4 Å². The van der Waals surface area contributed by atoms with E-state index in [1.54, 1.807) is 47.3 Å². The Kier molecular flexibility index (Phi) is 7.65. The Hall–Kier alpha value is -3.46. The number of Topliss-reactive ketones (excluding diaryl/α,β-unsaturated/α-hetero) is 1. The fourth-order valence-electron chi connectivity index (χ4n) is 3.52. The summed E-state index contributed by atoms with van der Waals surface area (Å²) in [5, 5.41) is 4.38. The number of hydrogen-bond acceptors (Lipinski definition) is 5. The van der Waals surface area contributed by atoms with Gasteiger partial charge >= 0.3 is 0 Å². The molecule has 1 aromatic heterocycles. The van der Waals surface area contributed by atoms with Crippen LogP contribution in [0.4, 0.5) is 0 Å². The number of aromatic nitrogens is 2. The number of halogens is 1. The second-order valence-corrected chi connectivity index (χ2v) is 10.3. The largest absolute Gasteiger partial charge is 0.486 e. The molecule has 0 saturated heterocycles. The van der Waals surface area contributed by atoms with Crippen LogP contribution in [0.2, 0.25) is 5.02 Å². The van der Waals surface area contributed by atoms with Gasteiger partial charge in [-0.3, -0.25) is 4.79 Å². The standard InChI is InChI=1S/C26H24ClN3O4S/c1-20(31)19-34-24-7-4-6-22(16-24)18-29(35(32,33)26-9-3-2-8-25(26)27)17-21-10-12-23(13-11-21)30-15-5-14-28-30/h2-16H,17-19H2,1H3. The average Bonchev–Trinajstić information content (AvgIpc) is 3.38. The number of benzene rings is 3. The van der Waals surface area contributed by atoms with E-state index in [0.717, 1.165) is 16.8 Å². The molecule has 0 radical (unpaired) electrons. The van der Waals surface area contributed by atoms with E-state index in [4.69, 9.17) is 16.3 Å². The minimum Gasteiger partial charge on any atom is -0.486 e. The van der Waals surface area contributed by atoms with Crippen molar-refractivity contribution in [2.45, 2.75) is 24.9 Å². The Morgan fingerprint density at radius 2 is 1.71 bits per heavy atom. The van der Waals surface area contributed by atoms with Gasteiger partial charge in [0, 0.05) is 25.5 Å². The molecule has 3 aromatic carbocycles. The van der Waals surface area contributed by atoms with Crippen LogP contribution in [0.25, 0.3) is 5.69 Å². The molecule has 0 fully saturated rings. The third kappa shape index (κ3) is 6.16. The molecule has 35 heavy (non-hydrogen) atoms. The maximum absolute atomic E-state index is 13.7. The third-order valence-corrected chi connectivity index (χ3v) is 7.51. The zero-order valence-electron chi connectivity index (χ0n) is 19.0. The molecular weight excluding hydrogens is 486 g/mol. The number of rotatable bonds is 10. The number of ether oxygens (including phenoxy) is 1. The molecule has 0 bridgehead atoms. The van der Waals surface area contributed by atoms with E-state index < -0.39 is 10.0 Å². The van der Waals surface area contributed by atoms with Crippen molar-refractivity contribution < 1.29 is 17.9 Å². The van der Waals surface area contributed by atoms with Crippen molar-refractivity contribution >= 4 is 27.4 Å². The normalized spacial score (nSPS) is 11.5. The molecule has 0 N–H and O–H groups in total. The first kappa shape index (κ1) is 24.7. The zero-order valence-corrected chi connectivity index (χ0v) is 20.6. The molecule has 0 aliphatic heterocycles. The molecule has 0 spiro atoms. The Balaban J connectivity index is 1.64. The van der Waals surface area contributed by atoms with Crippen LogP contribution in [-0.2, 0) is 27.9 Å². The van der Waals surface area contributed by atoms with Gasteiger partial charge in [0.2, 0.25) is 10.0 Å². The summed E-state index contributed by atoms with van der Waals surface area (Å²) in [5.74, 6) is 0.397. The van der Waals surface area contributed by atoms with Crippen LogP contribution < -0.4 is 4.74 Å². The van der Waals surface area contributed by atoms with Crippen molar-refractivity contribution in [3.05, 3.63) is 107 Å². The number of sulfonamides is 1. The summed E-state index contributed by atoms with van der Waals surface area (Å²) in [6, 6.07) is 22.8. The minimum atomic E-state index is -3.93. The molecule has 180 valence electrons. The Morgan fingerprint density at radius 1 is 0.971 bits per heavy atom. The molecule has 4 rings (SSSR count). The van der Waals surface area contributed by atoms with Gasteiger partial charge in [-0.1, -0.05) is 48.0 Å². The van der Waals surface area contributed by atoms with Crippen LogP contribution in [0.15, 0.2) is 96.2 Å². The smallest absolute Gasteiger partial charge is 0.245 e. The van der Waals surface area contributed by atoms with E-state index in [1.165, 1.54) is 17.3 Å². The SMILES string of the molecule is CC(=O)COc1cccc(CN(Cc2ccc(-n3cccn3)cc2)S(=O)(=O)c2ccccc2Cl)c1. The molecule has 0 saturated carbocycles. The first-order valence-electron chi connectivity index (χ1n) is 10.9. The predicted molar refractivity (Wildman–Crippen MR) is 134 cm³/mol. The van der Waals surface area contributed by atoms with E-state index in [9.17, 15) is 13.2 Å². The van der Waals surface area contributed by atoms with Crippen molar-refractivity contribution in [2.24, 2.45) is 0 Å². The number of hydrogen-bond donors (Lipinski definition) is 0. The van der Waals surface area contributed by atoms with Crippen molar-refractivity contribution in [1.29, 1.82) is 0 Å². The monoisotopic (exact) mass is 509 g/mol. The molecule has 4 aromatic rings. The van der Waals surface area contributed by atoms with Gasteiger partial charge in [0.15, 0.2) is 5.78 Å². The highest BCUT2D eigenvalue weighted by atomic mass is 35.5. The van der Waals surface area contributed by atoms with Crippen LogP contribution in [0.3, 0.4) is 0 Å². The Labute approximate surface area is 209 Å². The molecule has 0 atom stereocenters. The minimum absolute atomic E-state index is 0.0406. The Morgan fingerprint density at radius 3 is 2.40 bits per heavy atom. The summed E-state index contributed by atoms with van der Waals surface area (Å²) in [6.45, 7) is 1.62. The summed E-state index contributed by atoms with van der Waals surface area (Å²) in [5.41, 5.74) is 2.39. The fourth-order valence-corrected chi connectivity index (χ4v) is 5.43. The van der Waals surface area contributed by atoms with E-state index in [1.807, 2.05) is 42.6 Å². The van der Waals surface area contributed by atoms with Gasteiger partial charge in [0.05, 0.1) is 10.7 Å². The second-order valence-electron chi connectivity index (χ2n) is 7.96. The topological polar surface area (TPSA) is 81.5 Å². The first-order chi connectivity index (χ1) is 16.8. The van der Waals surface area contributed by atoms with Gasteiger partial charge in [0.25, 0.3) is 0 Å². The van der Waals surface area contributed by atoms with Crippen molar-refractivity contribution in [1.82, 2.24) is 14.1 Å². The third-order valence-electron chi connectivity index (χ3n) is 5.22. The highest BCUT2D eigenvalue weighted by molar-refractivity contribution is 7.89. The lowest BCUT2D eigenvalue weighted by molar-refractivity contribution is -0.118. The molecule has 0 aliphatic carbocycles. The fraction of sp³-hybridized carbons (Fsp3) is 0.154. The Bertz CT molecular complexity index is 1400. The molecule has 0 aliphatic rings. The highest BCUT2D eigenvalue weighted by Crippen LogP contribution is 2.28. The van der Waals surface area contributed by atoms with E-state index in [0.29, 0.717) is 5.75 Å². The lowest BCUT2D eigenvalue weighted by atomic mass is 10.2.